The van der Waals surface area contributed by atoms with Crippen LogP contribution in [0.5, 0.6) is 5.88 Å². The molecule has 1 fully saturated rings. The lowest BCUT2D eigenvalue weighted by molar-refractivity contribution is -0.141. The lowest BCUT2D eigenvalue weighted by Crippen LogP contribution is -2.56. The lowest BCUT2D eigenvalue weighted by Gasteiger charge is -2.38. The Balaban J connectivity index is 1.63. The molecule has 0 aliphatic carbocycles. The van der Waals surface area contributed by atoms with Gasteiger partial charge in [0.05, 0.1) is 23.7 Å². The molecule has 132 valence electrons. The maximum absolute atomic E-state index is 13.7. The molecular formula is C16H11ClF4N2O2. The number of benzene rings is 1. The van der Waals surface area contributed by atoms with Crippen LogP contribution in [0.4, 0.5) is 17.6 Å². The molecule has 0 saturated carbocycles. The summed E-state index contributed by atoms with van der Waals surface area (Å²) < 4.78 is 56.9. The van der Waals surface area contributed by atoms with E-state index in [0.29, 0.717) is 0 Å². The van der Waals surface area contributed by atoms with Crippen molar-refractivity contribution in [2.45, 2.75) is 12.3 Å². The molecule has 1 saturated heterocycles. The summed E-state index contributed by atoms with van der Waals surface area (Å²) in [5.41, 5.74) is -1.30. The van der Waals surface area contributed by atoms with Crippen LogP contribution in [-0.4, -0.2) is 35.0 Å². The molecule has 0 N–H and O–H groups in total. The number of hydrogen-bond acceptors (Lipinski definition) is 3. The van der Waals surface area contributed by atoms with Gasteiger partial charge in [0.1, 0.15) is 17.6 Å². The van der Waals surface area contributed by atoms with Gasteiger partial charge in [0.15, 0.2) is 0 Å². The highest BCUT2D eigenvalue weighted by Gasteiger charge is 2.36. The van der Waals surface area contributed by atoms with E-state index in [-0.39, 0.29) is 29.6 Å². The van der Waals surface area contributed by atoms with E-state index in [2.05, 4.69) is 4.98 Å². The minimum Gasteiger partial charge on any atom is -0.471 e. The third-order valence-electron chi connectivity index (χ3n) is 3.61. The maximum atomic E-state index is 13.7. The van der Waals surface area contributed by atoms with Gasteiger partial charge in [-0.05, 0) is 18.2 Å². The van der Waals surface area contributed by atoms with Crippen LogP contribution in [0.25, 0.3) is 0 Å². The zero-order chi connectivity index (χ0) is 18.2. The van der Waals surface area contributed by atoms with Gasteiger partial charge in [0.25, 0.3) is 5.91 Å². The number of ether oxygens (including phenoxy) is 1. The summed E-state index contributed by atoms with van der Waals surface area (Å²) in [7, 11) is 0. The van der Waals surface area contributed by atoms with E-state index in [4.69, 9.17) is 16.3 Å². The topological polar surface area (TPSA) is 42.4 Å². The van der Waals surface area contributed by atoms with Gasteiger partial charge in [0.2, 0.25) is 5.88 Å². The number of carbonyl (C=O) groups is 1. The lowest BCUT2D eigenvalue weighted by atomic mass is 10.1. The van der Waals surface area contributed by atoms with Crippen LogP contribution in [0, 0.1) is 5.82 Å². The van der Waals surface area contributed by atoms with E-state index in [9.17, 15) is 22.4 Å². The fourth-order valence-electron chi connectivity index (χ4n) is 2.35. The van der Waals surface area contributed by atoms with Crippen LogP contribution in [0.1, 0.15) is 16.1 Å². The second-order valence-corrected chi connectivity index (χ2v) is 5.81. The molecule has 0 atom stereocenters. The Morgan fingerprint density at radius 1 is 1.20 bits per heavy atom. The van der Waals surface area contributed by atoms with E-state index >= 15 is 0 Å². The first kappa shape index (κ1) is 17.5. The number of halogens is 5. The molecule has 1 amide bonds. The molecule has 0 radical (unpaired) electrons. The zero-order valence-electron chi connectivity index (χ0n) is 12.6. The minimum absolute atomic E-state index is 0.00564. The van der Waals surface area contributed by atoms with E-state index in [0.717, 1.165) is 12.1 Å². The fraction of sp³-hybridized carbons (Fsp3) is 0.250. The average Bonchev–Trinajstić information content (AvgIpc) is 2.49. The summed E-state index contributed by atoms with van der Waals surface area (Å²) in [4.78, 5) is 16.9. The molecule has 1 aromatic heterocycles. The monoisotopic (exact) mass is 374 g/mol. The van der Waals surface area contributed by atoms with Crippen LogP contribution in [0.2, 0.25) is 5.02 Å². The molecule has 2 aromatic rings. The largest absolute Gasteiger partial charge is 0.471 e. The van der Waals surface area contributed by atoms with Crippen LogP contribution in [0.3, 0.4) is 0 Å². The number of likely N-dealkylation sites (tertiary alicyclic amines) is 1. The molecule has 4 nitrogen and oxygen atoms in total. The van der Waals surface area contributed by atoms with E-state index in [1.165, 1.54) is 29.2 Å². The number of pyridine rings is 1. The number of hydrogen-bond donors (Lipinski definition) is 0. The number of nitrogens with zero attached hydrogens (tertiary/aromatic N) is 2. The Morgan fingerprint density at radius 3 is 2.52 bits per heavy atom. The molecule has 3 rings (SSSR count). The van der Waals surface area contributed by atoms with Gasteiger partial charge in [0, 0.05) is 6.07 Å². The molecule has 0 spiro atoms. The summed E-state index contributed by atoms with van der Waals surface area (Å²) in [5, 5.41) is -0.00564. The highest BCUT2D eigenvalue weighted by Crippen LogP contribution is 2.29. The molecular weight excluding hydrogens is 364 g/mol. The van der Waals surface area contributed by atoms with Crippen LogP contribution >= 0.6 is 11.6 Å². The van der Waals surface area contributed by atoms with Crippen molar-refractivity contribution in [2.75, 3.05) is 13.1 Å². The number of carbonyl (C=O) groups excluding carboxylic acids is 1. The van der Waals surface area contributed by atoms with Crippen LogP contribution in [-0.2, 0) is 6.18 Å². The fourth-order valence-corrected chi connectivity index (χ4v) is 2.59. The summed E-state index contributed by atoms with van der Waals surface area (Å²) in [6, 6.07) is 7.23. The number of aromatic nitrogens is 1. The smallest absolute Gasteiger partial charge is 0.433 e. The predicted octanol–water partition coefficient (Wildman–Crippen LogP) is 3.80. The van der Waals surface area contributed by atoms with Gasteiger partial charge in [-0.1, -0.05) is 23.7 Å². The van der Waals surface area contributed by atoms with E-state index < -0.39 is 29.7 Å². The Labute approximate surface area is 145 Å². The molecule has 1 aromatic carbocycles. The Hall–Kier alpha value is -2.35. The third-order valence-corrected chi connectivity index (χ3v) is 3.93. The highest BCUT2D eigenvalue weighted by atomic mass is 35.5. The summed E-state index contributed by atoms with van der Waals surface area (Å²) in [5.74, 6) is -1.52. The van der Waals surface area contributed by atoms with Crippen molar-refractivity contribution in [1.29, 1.82) is 0 Å². The molecule has 25 heavy (non-hydrogen) atoms. The minimum atomic E-state index is -4.57. The van der Waals surface area contributed by atoms with E-state index in [1.54, 1.807) is 0 Å². The summed E-state index contributed by atoms with van der Waals surface area (Å²) >= 11 is 5.84. The van der Waals surface area contributed by atoms with E-state index in [1.807, 2.05) is 0 Å². The molecule has 0 bridgehead atoms. The van der Waals surface area contributed by atoms with Gasteiger partial charge < -0.3 is 9.64 Å². The number of alkyl halides is 3. The average molecular weight is 375 g/mol. The first-order valence-corrected chi connectivity index (χ1v) is 7.57. The predicted molar refractivity (Wildman–Crippen MR) is 81.0 cm³/mol. The molecule has 1 aliphatic rings. The van der Waals surface area contributed by atoms with Crippen LogP contribution in [0.15, 0.2) is 36.4 Å². The van der Waals surface area contributed by atoms with Crippen molar-refractivity contribution >= 4 is 17.5 Å². The second kappa shape index (κ2) is 6.51. The van der Waals surface area contributed by atoms with Crippen LogP contribution < -0.4 is 4.74 Å². The Morgan fingerprint density at radius 2 is 1.88 bits per heavy atom. The summed E-state index contributed by atoms with van der Waals surface area (Å²) in [6.07, 6.45) is -5.09. The third kappa shape index (κ3) is 3.68. The maximum Gasteiger partial charge on any atom is 0.433 e. The normalized spacial score (nSPS) is 15.0. The van der Waals surface area contributed by atoms with Gasteiger partial charge >= 0.3 is 6.18 Å². The molecule has 1 aliphatic heterocycles. The zero-order valence-corrected chi connectivity index (χ0v) is 13.3. The highest BCUT2D eigenvalue weighted by molar-refractivity contribution is 6.33. The standard InChI is InChI=1S/C16H11ClF4N2O2/c17-10-3-1-4-11(18)14(10)15(24)23-7-9(8-23)25-13-6-2-5-12(22-13)16(19,20)21/h1-6,9H,7-8H2. The van der Waals surface area contributed by atoms with Gasteiger partial charge in [-0.15, -0.1) is 0 Å². The SMILES string of the molecule is O=C(c1c(F)cccc1Cl)N1CC(Oc2cccc(C(F)(F)F)n2)C1. The van der Waals surface area contributed by atoms with Crippen molar-refractivity contribution in [3.8, 4) is 5.88 Å². The Kier molecular flexibility index (Phi) is 4.55. The second-order valence-electron chi connectivity index (χ2n) is 5.41. The first-order chi connectivity index (χ1) is 11.8. The van der Waals surface area contributed by atoms with Crippen molar-refractivity contribution in [3.05, 3.63) is 58.5 Å². The van der Waals surface area contributed by atoms with Gasteiger partial charge in [-0.3, -0.25) is 4.79 Å². The van der Waals surface area contributed by atoms with Gasteiger partial charge in [-0.25, -0.2) is 9.37 Å². The van der Waals surface area contributed by atoms with Crippen molar-refractivity contribution in [1.82, 2.24) is 9.88 Å². The van der Waals surface area contributed by atoms with Gasteiger partial charge in [-0.2, -0.15) is 13.2 Å². The molecule has 2 heterocycles. The number of rotatable bonds is 3. The number of amides is 1. The van der Waals surface area contributed by atoms with Crippen molar-refractivity contribution in [2.24, 2.45) is 0 Å². The molecule has 0 unspecified atom stereocenters. The summed E-state index contributed by atoms with van der Waals surface area (Å²) in [6.45, 7) is 0.197. The molecule has 9 heteroatoms. The first-order valence-electron chi connectivity index (χ1n) is 7.20. The van der Waals surface area contributed by atoms with Crippen molar-refractivity contribution < 1.29 is 27.1 Å². The quantitative estimate of drug-likeness (QED) is 0.768. The Bertz CT molecular complexity index is 787. The van der Waals surface area contributed by atoms with Crippen molar-refractivity contribution in [3.63, 3.8) is 0 Å².